The Kier molecular flexibility index (Phi) is 9.33. The van der Waals surface area contributed by atoms with Gasteiger partial charge >= 0.3 is 0 Å². The lowest BCUT2D eigenvalue weighted by Gasteiger charge is -2.11. The highest BCUT2D eigenvalue weighted by molar-refractivity contribution is 14.0. The second-order valence-corrected chi connectivity index (χ2v) is 5.79. The molecule has 0 aliphatic heterocycles. The zero-order valence-electron chi connectivity index (χ0n) is 15.8. The molecule has 0 aliphatic carbocycles. The van der Waals surface area contributed by atoms with Crippen molar-refractivity contribution in [3.63, 3.8) is 0 Å². The van der Waals surface area contributed by atoms with Gasteiger partial charge in [0, 0.05) is 12.1 Å². The van der Waals surface area contributed by atoms with E-state index in [4.69, 9.17) is 9.15 Å². The third kappa shape index (κ3) is 6.88. The van der Waals surface area contributed by atoms with E-state index in [1.807, 2.05) is 67.6 Å². The van der Waals surface area contributed by atoms with Crippen LogP contribution in [0.15, 0.2) is 76.3 Å². The van der Waals surface area contributed by atoms with E-state index in [0.717, 1.165) is 29.5 Å². The average molecular weight is 492 g/mol. The molecule has 0 aliphatic rings. The summed E-state index contributed by atoms with van der Waals surface area (Å²) in [6.45, 7) is 4.44. The van der Waals surface area contributed by atoms with Crippen molar-refractivity contribution >= 4 is 29.9 Å². The molecule has 0 amide bonds. The van der Waals surface area contributed by atoms with Gasteiger partial charge in [-0.25, -0.2) is 9.98 Å². The second-order valence-electron chi connectivity index (χ2n) is 5.79. The van der Waals surface area contributed by atoms with Crippen LogP contribution in [0.25, 0.3) is 11.5 Å². The van der Waals surface area contributed by atoms with Crippen LogP contribution in [0, 0.1) is 0 Å². The molecule has 0 atom stereocenters. The van der Waals surface area contributed by atoms with E-state index in [2.05, 4.69) is 20.6 Å². The van der Waals surface area contributed by atoms with Crippen molar-refractivity contribution in [3.05, 3.63) is 72.6 Å². The lowest BCUT2D eigenvalue weighted by atomic mass is 10.2. The average Bonchev–Trinajstić information content (AvgIpc) is 3.20. The molecule has 0 fully saturated rings. The molecule has 1 aromatic heterocycles. The first-order chi connectivity index (χ1) is 13.3. The zero-order valence-corrected chi connectivity index (χ0v) is 18.1. The molecule has 0 saturated carbocycles. The SMILES string of the molecule is CCNC(=NCc1coc(-c2ccccc2)n1)NCCOc1ccccc1.I. The van der Waals surface area contributed by atoms with Gasteiger partial charge in [0.2, 0.25) is 5.89 Å². The van der Waals surface area contributed by atoms with Gasteiger partial charge in [-0.05, 0) is 31.2 Å². The van der Waals surface area contributed by atoms with Gasteiger partial charge in [-0.15, -0.1) is 24.0 Å². The molecule has 2 aromatic carbocycles. The van der Waals surface area contributed by atoms with Crippen LogP contribution < -0.4 is 15.4 Å². The first kappa shape index (κ1) is 21.7. The zero-order chi connectivity index (χ0) is 18.7. The van der Waals surface area contributed by atoms with Crippen LogP contribution in [0.5, 0.6) is 5.75 Å². The molecule has 0 spiro atoms. The number of hydrogen-bond acceptors (Lipinski definition) is 4. The summed E-state index contributed by atoms with van der Waals surface area (Å²) in [6.07, 6.45) is 1.65. The van der Waals surface area contributed by atoms with E-state index in [9.17, 15) is 0 Å². The first-order valence-corrected chi connectivity index (χ1v) is 9.05. The van der Waals surface area contributed by atoms with E-state index in [0.29, 0.717) is 25.6 Å². The number of guanidine groups is 1. The van der Waals surface area contributed by atoms with Gasteiger partial charge in [0.1, 0.15) is 24.3 Å². The van der Waals surface area contributed by atoms with Gasteiger partial charge in [-0.3, -0.25) is 0 Å². The van der Waals surface area contributed by atoms with Crippen molar-refractivity contribution in [2.75, 3.05) is 19.7 Å². The van der Waals surface area contributed by atoms with E-state index < -0.39 is 0 Å². The third-order valence-corrected chi connectivity index (χ3v) is 3.72. The Bertz CT molecular complexity index is 838. The molecule has 7 heteroatoms. The van der Waals surface area contributed by atoms with Crippen molar-refractivity contribution in [1.29, 1.82) is 0 Å². The molecule has 0 saturated heterocycles. The lowest BCUT2D eigenvalue weighted by molar-refractivity contribution is 0.322. The summed E-state index contributed by atoms with van der Waals surface area (Å²) in [5, 5.41) is 6.47. The van der Waals surface area contributed by atoms with Crippen LogP contribution in [0.4, 0.5) is 0 Å². The fraction of sp³-hybridized carbons (Fsp3) is 0.238. The van der Waals surface area contributed by atoms with Crippen molar-refractivity contribution < 1.29 is 9.15 Å². The number of hydrogen-bond donors (Lipinski definition) is 2. The number of aromatic nitrogens is 1. The van der Waals surface area contributed by atoms with E-state index in [1.54, 1.807) is 6.26 Å². The maximum absolute atomic E-state index is 5.68. The second kappa shape index (κ2) is 12.0. The Hall–Kier alpha value is -2.55. The molecule has 28 heavy (non-hydrogen) atoms. The monoisotopic (exact) mass is 492 g/mol. The summed E-state index contributed by atoms with van der Waals surface area (Å²) in [5.74, 6) is 2.19. The maximum atomic E-state index is 5.68. The Labute approximate surface area is 182 Å². The van der Waals surface area contributed by atoms with Gasteiger partial charge in [-0.2, -0.15) is 0 Å². The summed E-state index contributed by atoms with van der Waals surface area (Å²) in [5.41, 5.74) is 1.74. The minimum atomic E-state index is 0. The predicted octanol–water partition coefficient (Wildman–Crippen LogP) is 4.09. The number of aliphatic imine (C=N–C) groups is 1. The molecule has 6 nitrogen and oxygen atoms in total. The number of ether oxygens (including phenoxy) is 1. The molecule has 1 heterocycles. The van der Waals surface area contributed by atoms with Gasteiger partial charge in [0.15, 0.2) is 5.96 Å². The summed E-state index contributed by atoms with van der Waals surface area (Å²) in [4.78, 5) is 9.05. The number of benzene rings is 2. The van der Waals surface area contributed by atoms with Gasteiger partial charge in [-0.1, -0.05) is 36.4 Å². The largest absolute Gasteiger partial charge is 0.492 e. The molecule has 0 unspecified atom stereocenters. The summed E-state index contributed by atoms with van der Waals surface area (Å²) in [7, 11) is 0. The fourth-order valence-electron chi connectivity index (χ4n) is 2.45. The van der Waals surface area contributed by atoms with Crippen molar-refractivity contribution in [3.8, 4) is 17.2 Å². The highest BCUT2D eigenvalue weighted by atomic mass is 127. The highest BCUT2D eigenvalue weighted by Crippen LogP contribution is 2.18. The molecule has 148 valence electrons. The van der Waals surface area contributed by atoms with Crippen LogP contribution in [-0.2, 0) is 6.54 Å². The topological polar surface area (TPSA) is 71.7 Å². The summed E-state index contributed by atoms with van der Waals surface area (Å²) < 4.78 is 11.2. The van der Waals surface area contributed by atoms with Gasteiger partial charge in [0.05, 0.1) is 13.1 Å². The lowest BCUT2D eigenvalue weighted by Crippen LogP contribution is -2.39. The van der Waals surface area contributed by atoms with Crippen LogP contribution >= 0.6 is 24.0 Å². The molecular weight excluding hydrogens is 467 g/mol. The smallest absolute Gasteiger partial charge is 0.226 e. The van der Waals surface area contributed by atoms with E-state index >= 15 is 0 Å². The van der Waals surface area contributed by atoms with Crippen molar-refractivity contribution in [2.45, 2.75) is 13.5 Å². The van der Waals surface area contributed by atoms with Crippen molar-refractivity contribution in [1.82, 2.24) is 15.6 Å². The van der Waals surface area contributed by atoms with Crippen LogP contribution in [0.2, 0.25) is 0 Å². The molecular formula is C21H25IN4O2. The summed E-state index contributed by atoms with van der Waals surface area (Å²) >= 11 is 0. The van der Waals surface area contributed by atoms with Crippen LogP contribution in [-0.4, -0.2) is 30.6 Å². The minimum absolute atomic E-state index is 0. The minimum Gasteiger partial charge on any atom is -0.492 e. The van der Waals surface area contributed by atoms with Gasteiger partial charge < -0.3 is 19.8 Å². The Morgan fingerprint density at radius 3 is 2.46 bits per heavy atom. The Balaban J connectivity index is 0.00000280. The first-order valence-electron chi connectivity index (χ1n) is 9.05. The summed E-state index contributed by atoms with van der Waals surface area (Å²) in [6, 6.07) is 19.6. The molecule has 0 bridgehead atoms. The van der Waals surface area contributed by atoms with Crippen LogP contribution in [0.3, 0.4) is 0 Å². The number of nitrogens with one attached hydrogen (secondary N) is 2. The molecule has 0 radical (unpaired) electrons. The number of oxazole rings is 1. The standard InChI is InChI=1S/C21H24N4O2.HI/c1-2-22-21(23-13-14-26-19-11-7-4-8-12-19)24-15-18-16-27-20(25-18)17-9-5-3-6-10-17;/h3-12,16H,2,13-15H2,1H3,(H2,22,23,24);1H. The normalized spacial score (nSPS) is 10.8. The number of nitrogens with zero attached hydrogens (tertiary/aromatic N) is 2. The predicted molar refractivity (Wildman–Crippen MR) is 122 cm³/mol. The molecule has 3 aromatic rings. The van der Waals surface area contributed by atoms with E-state index in [1.165, 1.54) is 0 Å². The third-order valence-electron chi connectivity index (χ3n) is 3.72. The maximum Gasteiger partial charge on any atom is 0.226 e. The molecule has 3 rings (SSSR count). The quantitative estimate of drug-likeness (QED) is 0.215. The van der Waals surface area contributed by atoms with Gasteiger partial charge in [0.25, 0.3) is 0 Å². The molecule has 2 N–H and O–H groups in total. The number of rotatable bonds is 8. The highest BCUT2D eigenvalue weighted by Gasteiger charge is 2.06. The fourth-order valence-corrected chi connectivity index (χ4v) is 2.45. The Morgan fingerprint density at radius 2 is 1.75 bits per heavy atom. The Morgan fingerprint density at radius 1 is 1.04 bits per heavy atom. The van der Waals surface area contributed by atoms with Crippen LogP contribution in [0.1, 0.15) is 12.6 Å². The number of para-hydroxylation sites is 1. The van der Waals surface area contributed by atoms with Crippen molar-refractivity contribution in [2.24, 2.45) is 4.99 Å². The van der Waals surface area contributed by atoms with E-state index in [-0.39, 0.29) is 24.0 Å². The number of halogens is 1.